The first-order valence-electron chi connectivity index (χ1n) is 8.59. The van der Waals surface area contributed by atoms with Gasteiger partial charge in [-0.15, -0.1) is 0 Å². The molecule has 1 N–H and O–H groups in total. The van der Waals surface area contributed by atoms with Gasteiger partial charge in [-0.1, -0.05) is 19.3 Å². The van der Waals surface area contributed by atoms with Crippen LogP contribution in [0.5, 0.6) is 0 Å². The van der Waals surface area contributed by atoms with Crippen molar-refractivity contribution >= 4 is 11.8 Å². The Morgan fingerprint density at radius 2 is 1.52 bits per heavy atom. The van der Waals surface area contributed by atoms with Gasteiger partial charge in [-0.2, -0.15) is 0 Å². The van der Waals surface area contributed by atoms with Crippen LogP contribution in [0.4, 0.5) is 0 Å². The lowest BCUT2D eigenvalue weighted by Crippen LogP contribution is -2.50. The van der Waals surface area contributed by atoms with Gasteiger partial charge in [0.2, 0.25) is 11.8 Å². The second kappa shape index (κ2) is 6.07. The van der Waals surface area contributed by atoms with Gasteiger partial charge in [0.25, 0.3) is 0 Å². The van der Waals surface area contributed by atoms with Gasteiger partial charge < -0.3 is 5.11 Å². The van der Waals surface area contributed by atoms with E-state index in [-0.39, 0.29) is 23.3 Å². The molecule has 4 heteroatoms. The Hall–Kier alpha value is -0.900. The molecule has 0 aromatic rings. The Bertz CT molecular complexity index is 386. The highest BCUT2D eigenvalue weighted by atomic mass is 16.3. The highest BCUT2D eigenvalue weighted by Crippen LogP contribution is 2.45. The van der Waals surface area contributed by atoms with Crippen LogP contribution in [-0.2, 0) is 9.59 Å². The van der Waals surface area contributed by atoms with Crippen molar-refractivity contribution in [3.05, 3.63) is 0 Å². The average molecular weight is 293 g/mol. The van der Waals surface area contributed by atoms with Crippen molar-refractivity contribution < 1.29 is 14.7 Å². The molecule has 118 valence electrons. The molecule has 1 spiro atoms. The number of hydrogen-bond donors (Lipinski definition) is 1. The Kier molecular flexibility index (Phi) is 4.34. The maximum Gasteiger partial charge on any atom is 0.229 e. The highest BCUT2D eigenvalue weighted by molar-refractivity contribution is 5.98. The van der Waals surface area contributed by atoms with Crippen molar-refractivity contribution in [1.82, 2.24) is 4.90 Å². The molecule has 0 aromatic heterocycles. The van der Waals surface area contributed by atoms with E-state index in [0.29, 0.717) is 25.3 Å². The van der Waals surface area contributed by atoms with Crippen LogP contribution in [0.15, 0.2) is 0 Å². The molecule has 4 nitrogen and oxygen atoms in total. The number of rotatable bonds is 2. The van der Waals surface area contributed by atoms with E-state index in [0.717, 1.165) is 38.5 Å². The van der Waals surface area contributed by atoms with Crippen molar-refractivity contribution in [2.75, 3.05) is 6.54 Å². The van der Waals surface area contributed by atoms with Crippen molar-refractivity contribution in [2.45, 2.75) is 76.7 Å². The SMILES string of the molecule is O=C1CC2(CCCCC2)CC(=O)N1CC1CCC(O)CC1. The monoisotopic (exact) mass is 293 g/mol. The van der Waals surface area contributed by atoms with Gasteiger partial charge in [0.05, 0.1) is 6.10 Å². The minimum Gasteiger partial charge on any atom is -0.393 e. The largest absolute Gasteiger partial charge is 0.393 e. The molecule has 1 heterocycles. The van der Waals surface area contributed by atoms with E-state index in [4.69, 9.17) is 0 Å². The molecule has 2 amide bonds. The number of nitrogens with zero attached hydrogens (tertiary/aromatic N) is 1. The summed E-state index contributed by atoms with van der Waals surface area (Å²) in [5, 5.41) is 9.56. The minimum absolute atomic E-state index is 0.00826. The van der Waals surface area contributed by atoms with Gasteiger partial charge in [-0.05, 0) is 49.9 Å². The number of likely N-dealkylation sites (tertiary alicyclic amines) is 1. The third kappa shape index (κ3) is 3.31. The normalized spacial score (nSPS) is 33.5. The van der Waals surface area contributed by atoms with Gasteiger partial charge in [0.15, 0.2) is 0 Å². The van der Waals surface area contributed by atoms with E-state index in [2.05, 4.69) is 0 Å². The number of hydrogen-bond acceptors (Lipinski definition) is 3. The predicted molar refractivity (Wildman–Crippen MR) is 79.4 cm³/mol. The quantitative estimate of drug-likeness (QED) is 0.796. The molecular formula is C17H27NO3. The fraction of sp³-hybridized carbons (Fsp3) is 0.882. The second-order valence-electron chi connectivity index (χ2n) is 7.49. The van der Waals surface area contributed by atoms with Crippen LogP contribution in [0.3, 0.4) is 0 Å². The summed E-state index contributed by atoms with van der Waals surface area (Å²) in [7, 11) is 0. The molecule has 0 radical (unpaired) electrons. The number of imide groups is 1. The molecule has 1 saturated heterocycles. The molecule has 21 heavy (non-hydrogen) atoms. The van der Waals surface area contributed by atoms with Crippen LogP contribution in [0, 0.1) is 11.3 Å². The molecule has 2 aliphatic carbocycles. The Morgan fingerprint density at radius 1 is 0.952 bits per heavy atom. The fourth-order valence-corrected chi connectivity index (χ4v) is 4.48. The van der Waals surface area contributed by atoms with Crippen LogP contribution < -0.4 is 0 Å². The van der Waals surface area contributed by atoms with Crippen LogP contribution in [-0.4, -0.2) is 34.5 Å². The predicted octanol–water partition coefficient (Wildman–Crippen LogP) is 2.64. The lowest BCUT2D eigenvalue weighted by Gasteiger charge is -2.43. The minimum atomic E-state index is -0.181. The number of piperidine rings is 1. The van der Waals surface area contributed by atoms with E-state index in [1.54, 1.807) is 0 Å². The number of aliphatic hydroxyl groups is 1. The Labute approximate surface area is 126 Å². The summed E-state index contributed by atoms with van der Waals surface area (Å²) < 4.78 is 0. The molecule has 3 rings (SSSR count). The van der Waals surface area contributed by atoms with Crippen molar-refractivity contribution in [3.63, 3.8) is 0 Å². The number of amides is 2. The highest BCUT2D eigenvalue weighted by Gasteiger charge is 2.44. The van der Waals surface area contributed by atoms with Crippen molar-refractivity contribution in [1.29, 1.82) is 0 Å². The number of carbonyl (C=O) groups excluding carboxylic acids is 2. The summed E-state index contributed by atoms with van der Waals surface area (Å²) in [4.78, 5) is 26.5. The second-order valence-corrected chi connectivity index (χ2v) is 7.49. The first-order valence-corrected chi connectivity index (χ1v) is 8.59. The van der Waals surface area contributed by atoms with Crippen LogP contribution in [0.1, 0.15) is 70.6 Å². The maximum atomic E-state index is 12.5. The molecule has 1 aliphatic heterocycles. The molecule has 0 bridgehead atoms. The zero-order valence-electron chi connectivity index (χ0n) is 12.9. The summed E-state index contributed by atoms with van der Waals surface area (Å²) in [6.45, 7) is 0.584. The lowest BCUT2D eigenvalue weighted by atomic mass is 9.67. The number of carbonyl (C=O) groups is 2. The lowest BCUT2D eigenvalue weighted by molar-refractivity contribution is -0.155. The van der Waals surface area contributed by atoms with Gasteiger partial charge in [0.1, 0.15) is 0 Å². The summed E-state index contributed by atoms with van der Waals surface area (Å²) in [6, 6.07) is 0. The molecule has 0 unspecified atom stereocenters. The maximum absolute atomic E-state index is 12.5. The number of aliphatic hydroxyl groups excluding tert-OH is 1. The van der Waals surface area contributed by atoms with Gasteiger partial charge in [0, 0.05) is 19.4 Å². The molecular weight excluding hydrogens is 266 g/mol. The van der Waals surface area contributed by atoms with Gasteiger partial charge >= 0.3 is 0 Å². The first-order chi connectivity index (χ1) is 10.1. The van der Waals surface area contributed by atoms with Gasteiger partial charge in [-0.3, -0.25) is 14.5 Å². The van der Waals surface area contributed by atoms with Crippen molar-refractivity contribution in [3.8, 4) is 0 Å². The summed E-state index contributed by atoms with van der Waals surface area (Å²) in [5.74, 6) is 0.500. The summed E-state index contributed by atoms with van der Waals surface area (Å²) in [6.07, 6.45) is 10.1. The molecule has 3 aliphatic rings. The van der Waals surface area contributed by atoms with E-state index in [1.807, 2.05) is 0 Å². The van der Waals surface area contributed by atoms with Crippen LogP contribution in [0.2, 0.25) is 0 Å². The summed E-state index contributed by atoms with van der Waals surface area (Å²) in [5.41, 5.74) is -0.00826. The molecule has 2 saturated carbocycles. The zero-order valence-corrected chi connectivity index (χ0v) is 12.9. The smallest absolute Gasteiger partial charge is 0.229 e. The Balaban J connectivity index is 1.60. The van der Waals surface area contributed by atoms with E-state index >= 15 is 0 Å². The van der Waals surface area contributed by atoms with Crippen molar-refractivity contribution in [2.24, 2.45) is 11.3 Å². The Morgan fingerprint density at radius 3 is 2.10 bits per heavy atom. The average Bonchev–Trinajstić information content (AvgIpc) is 2.46. The van der Waals surface area contributed by atoms with Crippen LogP contribution in [0.25, 0.3) is 0 Å². The molecule has 0 aromatic carbocycles. The van der Waals surface area contributed by atoms with E-state index in [1.165, 1.54) is 24.2 Å². The zero-order chi connectivity index (χ0) is 14.9. The molecule has 0 atom stereocenters. The molecule has 3 fully saturated rings. The fourth-order valence-electron chi connectivity index (χ4n) is 4.48. The van der Waals surface area contributed by atoms with E-state index < -0.39 is 0 Å². The third-order valence-corrected chi connectivity index (χ3v) is 5.83. The standard InChI is InChI=1S/C17H27NO3/c19-14-6-4-13(5-7-14)12-18-15(20)10-17(11-16(18)21)8-2-1-3-9-17/h13-14,19H,1-12H2. The summed E-state index contributed by atoms with van der Waals surface area (Å²) >= 11 is 0. The third-order valence-electron chi connectivity index (χ3n) is 5.83. The van der Waals surface area contributed by atoms with Gasteiger partial charge in [-0.25, -0.2) is 0 Å². The van der Waals surface area contributed by atoms with E-state index in [9.17, 15) is 14.7 Å². The first kappa shape index (κ1) is 15.0. The topological polar surface area (TPSA) is 57.6 Å². The van der Waals surface area contributed by atoms with Crippen LogP contribution >= 0.6 is 0 Å².